The summed E-state index contributed by atoms with van der Waals surface area (Å²) in [4.78, 5) is 53.5. The summed E-state index contributed by atoms with van der Waals surface area (Å²) in [5.74, 6) is -6.13. The zero-order valence-electron chi connectivity index (χ0n) is 14.2. The molecule has 0 aromatic rings. The summed E-state index contributed by atoms with van der Waals surface area (Å²) in [6, 6.07) is 0. The molecule has 0 saturated heterocycles. The molecule has 0 unspecified atom stereocenters. The molecule has 0 aromatic carbocycles. The van der Waals surface area contributed by atoms with Gasteiger partial charge in [-0.25, -0.2) is 0 Å². The third-order valence-electron chi connectivity index (χ3n) is 2.33. The van der Waals surface area contributed by atoms with E-state index in [0.29, 0.717) is 0 Å². The quantitative estimate of drug-likeness (QED) is 0.196. The van der Waals surface area contributed by atoms with Gasteiger partial charge in [0.25, 0.3) is 0 Å². The number of carboxylic acid groups (broad SMARTS) is 5. The first-order valence-electron chi connectivity index (χ1n) is 6.69. The molecule has 6 N–H and O–H groups in total. The van der Waals surface area contributed by atoms with Gasteiger partial charge < -0.3 is 36.1 Å². The number of carbonyl (C=O) groups excluding carboxylic acids is 1. The molecule has 0 spiro atoms. The monoisotopic (exact) mass is 389 g/mol. The van der Waals surface area contributed by atoms with Crippen molar-refractivity contribution in [3.63, 3.8) is 0 Å². The van der Waals surface area contributed by atoms with Crippen LogP contribution < -0.4 is 40.4 Å². The summed E-state index contributed by atoms with van der Waals surface area (Å²) in [6.07, 6.45) is 0. The van der Waals surface area contributed by atoms with Crippen molar-refractivity contribution in [1.29, 1.82) is 0 Å². The van der Waals surface area contributed by atoms with Crippen LogP contribution in [0.3, 0.4) is 0 Å². The van der Waals surface area contributed by atoms with E-state index < -0.39 is 56.0 Å². The third kappa shape index (κ3) is 22.2. The van der Waals surface area contributed by atoms with Gasteiger partial charge in [0, 0.05) is 19.6 Å². The summed E-state index contributed by atoms with van der Waals surface area (Å²) in [5.41, 5.74) is 4.51. The first-order chi connectivity index (χ1) is 11.5. The zero-order chi connectivity index (χ0) is 20.0. The molecule has 0 radical (unpaired) electrons. The molecule has 144 valence electrons. The second-order valence-corrected chi connectivity index (χ2v) is 4.57. The van der Waals surface area contributed by atoms with Crippen LogP contribution in [-0.2, 0) is 24.0 Å². The number of aliphatic carboxylic acids is 5. The normalized spacial score (nSPS) is 9.65. The number of carboxylic acids is 5. The van der Waals surface area contributed by atoms with Gasteiger partial charge >= 0.3 is 53.4 Å². The Morgan fingerprint density at radius 2 is 0.885 bits per heavy atom. The van der Waals surface area contributed by atoms with E-state index in [4.69, 9.17) is 30.3 Å². The summed E-state index contributed by atoms with van der Waals surface area (Å²) in [7, 11) is 0. The van der Waals surface area contributed by atoms with Crippen LogP contribution in [0.5, 0.6) is 0 Å². The van der Waals surface area contributed by atoms with Crippen molar-refractivity contribution in [2.75, 3.05) is 45.8 Å². The van der Waals surface area contributed by atoms with Gasteiger partial charge in [0.15, 0.2) is 0 Å². The summed E-state index contributed by atoms with van der Waals surface area (Å²) < 4.78 is 0. The predicted octanol–water partition coefficient (Wildman–Crippen LogP) is -7.37. The minimum atomic E-state index is -1.23. The number of hydrogen-bond acceptors (Lipinski definition) is 9. The van der Waals surface area contributed by atoms with Crippen LogP contribution in [0.2, 0.25) is 0 Å². The van der Waals surface area contributed by atoms with Gasteiger partial charge in [-0.3, -0.25) is 29.0 Å². The number of nitrogens with two attached hydrogens (primary N) is 1. The van der Waals surface area contributed by atoms with E-state index in [0.717, 1.165) is 9.80 Å². The molecule has 0 amide bonds. The SMILES string of the molecule is NCC(=O)[O-].O=C(O)CN(CCN(CC(=O)O)CC(=O)O)CC(=O)O.[Na+]. The molecule has 0 aromatic heterocycles. The summed E-state index contributed by atoms with van der Waals surface area (Å²) in [6.45, 7) is -2.64. The van der Waals surface area contributed by atoms with E-state index in [-0.39, 0.29) is 49.2 Å². The van der Waals surface area contributed by atoms with Crippen molar-refractivity contribution < 1.29 is 79.1 Å². The average molecular weight is 389 g/mol. The Hall–Kier alpha value is -1.77. The largest absolute Gasteiger partial charge is 1.00 e. The predicted molar refractivity (Wildman–Crippen MR) is 77.5 cm³/mol. The van der Waals surface area contributed by atoms with Gasteiger partial charge in [-0.2, -0.15) is 0 Å². The van der Waals surface area contributed by atoms with E-state index >= 15 is 0 Å². The molecule has 0 aliphatic carbocycles. The zero-order valence-corrected chi connectivity index (χ0v) is 16.2. The summed E-state index contributed by atoms with van der Waals surface area (Å²) >= 11 is 0. The second-order valence-electron chi connectivity index (χ2n) is 4.57. The number of hydrogen-bond donors (Lipinski definition) is 5. The number of carbonyl (C=O) groups is 5. The smallest absolute Gasteiger partial charge is 0.549 e. The maximum atomic E-state index is 10.6. The third-order valence-corrected chi connectivity index (χ3v) is 2.33. The van der Waals surface area contributed by atoms with Crippen LogP contribution in [0.25, 0.3) is 0 Å². The van der Waals surface area contributed by atoms with Crippen LogP contribution in [0.15, 0.2) is 0 Å². The molecule has 13 nitrogen and oxygen atoms in total. The van der Waals surface area contributed by atoms with Crippen LogP contribution in [0, 0.1) is 0 Å². The molecular formula is C12H20N3NaO10. The Morgan fingerprint density at radius 1 is 0.692 bits per heavy atom. The minimum Gasteiger partial charge on any atom is -0.549 e. The average Bonchev–Trinajstić information content (AvgIpc) is 2.42. The van der Waals surface area contributed by atoms with Gasteiger partial charge in [0.05, 0.1) is 32.1 Å². The fraction of sp³-hybridized carbons (Fsp3) is 0.583. The van der Waals surface area contributed by atoms with Crippen molar-refractivity contribution in [2.45, 2.75) is 0 Å². The molecule has 0 bridgehead atoms. The van der Waals surface area contributed by atoms with E-state index in [9.17, 15) is 19.2 Å². The van der Waals surface area contributed by atoms with E-state index in [1.165, 1.54) is 0 Å². The van der Waals surface area contributed by atoms with E-state index in [1.807, 2.05) is 0 Å². The number of rotatable bonds is 12. The molecule has 14 heteroatoms. The Kier molecular flexibility index (Phi) is 18.6. The molecule has 0 atom stereocenters. The van der Waals surface area contributed by atoms with Crippen LogP contribution >= 0.6 is 0 Å². The topological polar surface area (TPSA) is 222 Å². The van der Waals surface area contributed by atoms with Gasteiger partial charge in [-0.15, -0.1) is 0 Å². The molecule has 0 heterocycles. The van der Waals surface area contributed by atoms with E-state index in [1.54, 1.807) is 0 Å². The molecular weight excluding hydrogens is 369 g/mol. The van der Waals surface area contributed by atoms with Crippen LogP contribution in [0.4, 0.5) is 0 Å². The number of nitrogens with zero attached hydrogens (tertiary/aromatic N) is 2. The standard InChI is InChI=1S/C10H16N2O8.C2H5NO2.Na/c13-7(14)3-11(4-8(15)16)1-2-12(5-9(17)18)6-10(19)20;3-1-2(4)5;/h1-6H2,(H,13,14)(H,15,16)(H,17,18)(H,19,20);1,3H2,(H,4,5);/q;;+1/p-1. The molecule has 0 saturated carbocycles. The van der Waals surface area contributed by atoms with Crippen molar-refractivity contribution in [2.24, 2.45) is 5.73 Å². The van der Waals surface area contributed by atoms with Crippen molar-refractivity contribution in [3.8, 4) is 0 Å². The Morgan fingerprint density at radius 3 is 1.00 bits per heavy atom. The first-order valence-corrected chi connectivity index (χ1v) is 6.69. The van der Waals surface area contributed by atoms with Crippen LogP contribution in [-0.4, -0.2) is 106 Å². The van der Waals surface area contributed by atoms with Crippen molar-refractivity contribution in [3.05, 3.63) is 0 Å². The molecule has 0 aliphatic heterocycles. The first kappa shape index (κ1) is 29.0. The minimum absolute atomic E-state index is 0. The Labute approximate surface area is 170 Å². The van der Waals surface area contributed by atoms with E-state index in [2.05, 4.69) is 5.73 Å². The molecule has 0 rings (SSSR count). The van der Waals surface area contributed by atoms with Crippen molar-refractivity contribution >= 4 is 29.8 Å². The second kappa shape index (κ2) is 16.7. The Balaban J connectivity index is -0.000000772. The van der Waals surface area contributed by atoms with Gasteiger partial charge in [0.2, 0.25) is 0 Å². The van der Waals surface area contributed by atoms with Gasteiger partial charge in [-0.05, 0) is 0 Å². The van der Waals surface area contributed by atoms with Gasteiger partial charge in [0.1, 0.15) is 0 Å². The fourth-order valence-electron chi connectivity index (χ4n) is 1.48. The Bertz CT molecular complexity index is 420. The van der Waals surface area contributed by atoms with Crippen LogP contribution in [0.1, 0.15) is 0 Å². The van der Waals surface area contributed by atoms with Crippen molar-refractivity contribution in [1.82, 2.24) is 9.80 Å². The molecule has 0 aliphatic rings. The maximum absolute atomic E-state index is 10.6. The molecule has 26 heavy (non-hydrogen) atoms. The molecule has 0 fully saturated rings. The maximum Gasteiger partial charge on any atom is 1.00 e. The fourth-order valence-corrected chi connectivity index (χ4v) is 1.48. The summed E-state index contributed by atoms with van der Waals surface area (Å²) in [5, 5.41) is 43.6. The van der Waals surface area contributed by atoms with Gasteiger partial charge in [-0.1, -0.05) is 0 Å².